The molecule has 0 saturated carbocycles. The third kappa shape index (κ3) is 4.71. The van der Waals surface area contributed by atoms with E-state index in [1.807, 2.05) is 59.1 Å². The number of carbonyl (C=O) groups is 1. The van der Waals surface area contributed by atoms with Crippen molar-refractivity contribution < 1.29 is 9.18 Å². The summed E-state index contributed by atoms with van der Waals surface area (Å²) >= 11 is 0. The minimum Gasteiger partial charge on any atom is -0.369 e. The molecule has 178 valence electrons. The third-order valence-corrected chi connectivity index (χ3v) is 7.07. The van der Waals surface area contributed by atoms with Gasteiger partial charge in [0, 0.05) is 68.8 Å². The van der Waals surface area contributed by atoms with E-state index in [2.05, 4.69) is 9.80 Å². The van der Waals surface area contributed by atoms with Crippen LogP contribution in [0.2, 0.25) is 0 Å². The van der Waals surface area contributed by atoms with Gasteiger partial charge in [-0.25, -0.2) is 4.39 Å². The molecule has 0 spiro atoms. The van der Waals surface area contributed by atoms with E-state index in [1.54, 1.807) is 0 Å². The normalized spacial score (nSPS) is 16.4. The first-order valence-corrected chi connectivity index (χ1v) is 12.2. The Morgan fingerprint density at radius 1 is 0.971 bits per heavy atom. The topological polar surface area (TPSA) is 44.6 Å². The van der Waals surface area contributed by atoms with Crippen LogP contribution in [0.4, 0.5) is 15.9 Å². The van der Waals surface area contributed by atoms with E-state index in [0.29, 0.717) is 12.1 Å². The van der Waals surface area contributed by atoms with Crippen molar-refractivity contribution in [3.05, 3.63) is 77.2 Å². The maximum absolute atomic E-state index is 13.6. The van der Waals surface area contributed by atoms with Crippen molar-refractivity contribution in [2.75, 3.05) is 49.1 Å². The number of aromatic nitrogens is 2. The van der Waals surface area contributed by atoms with E-state index in [9.17, 15) is 9.18 Å². The summed E-state index contributed by atoms with van der Waals surface area (Å²) in [6.45, 7) is 4.99. The highest BCUT2D eigenvalue weighted by Crippen LogP contribution is 2.30. The Morgan fingerprint density at radius 3 is 2.41 bits per heavy atom. The molecule has 1 aliphatic carbocycles. The Hall–Kier alpha value is -3.19. The molecule has 7 heteroatoms. The van der Waals surface area contributed by atoms with Crippen molar-refractivity contribution in [2.24, 2.45) is 7.05 Å². The molecular formula is C27H32FN5O. The first-order valence-electron chi connectivity index (χ1n) is 12.2. The van der Waals surface area contributed by atoms with Gasteiger partial charge in [-0.05, 0) is 62.1 Å². The van der Waals surface area contributed by atoms with E-state index in [0.717, 1.165) is 63.5 Å². The van der Waals surface area contributed by atoms with Gasteiger partial charge in [0.15, 0.2) is 5.82 Å². The third-order valence-electron chi connectivity index (χ3n) is 7.07. The van der Waals surface area contributed by atoms with Crippen molar-refractivity contribution in [3.8, 4) is 0 Å². The molecular weight excluding hydrogens is 429 g/mol. The highest BCUT2D eigenvalue weighted by atomic mass is 19.1. The second-order valence-electron chi connectivity index (χ2n) is 9.21. The van der Waals surface area contributed by atoms with Crippen LogP contribution >= 0.6 is 0 Å². The van der Waals surface area contributed by atoms with Crippen LogP contribution in [0.5, 0.6) is 0 Å². The van der Waals surface area contributed by atoms with Gasteiger partial charge in [-0.3, -0.25) is 19.3 Å². The number of piperazine rings is 1. The Labute approximate surface area is 200 Å². The van der Waals surface area contributed by atoms with Gasteiger partial charge >= 0.3 is 0 Å². The van der Waals surface area contributed by atoms with Crippen molar-refractivity contribution in [1.82, 2.24) is 14.7 Å². The number of halogens is 1. The number of fused-ring (bicyclic) bond motifs is 1. The lowest BCUT2D eigenvalue weighted by atomic mass is 9.97. The van der Waals surface area contributed by atoms with E-state index in [1.165, 1.54) is 29.8 Å². The summed E-state index contributed by atoms with van der Waals surface area (Å²) in [5.74, 6) is 0.635. The Bertz CT molecular complexity index is 1120. The van der Waals surface area contributed by atoms with E-state index in [-0.39, 0.29) is 11.7 Å². The number of hydrogen-bond acceptors (Lipinski definition) is 4. The maximum atomic E-state index is 13.6. The molecule has 1 aliphatic heterocycles. The first kappa shape index (κ1) is 22.6. The summed E-state index contributed by atoms with van der Waals surface area (Å²) in [7, 11) is 1.99. The molecule has 0 atom stereocenters. The lowest BCUT2D eigenvalue weighted by Crippen LogP contribution is -2.49. The largest absolute Gasteiger partial charge is 0.369 e. The molecule has 6 nitrogen and oxygen atoms in total. The molecule has 2 aliphatic rings. The zero-order chi connectivity index (χ0) is 23.5. The van der Waals surface area contributed by atoms with E-state index < -0.39 is 0 Å². The van der Waals surface area contributed by atoms with Gasteiger partial charge in [0.1, 0.15) is 5.82 Å². The van der Waals surface area contributed by atoms with Gasteiger partial charge in [-0.2, -0.15) is 5.10 Å². The van der Waals surface area contributed by atoms with Gasteiger partial charge in [0.2, 0.25) is 0 Å². The smallest absolute Gasteiger partial charge is 0.259 e. The standard InChI is InChI=1S/C27H32FN5O/c1-30-25-10-6-5-9-24(25)26(29-30)33(27(34)21-7-3-2-4-8-21)20-17-31-15-18-32(19-16-31)23-13-11-22(28)12-14-23/h2-4,7-8,11-14H,5-6,9-10,15-20H2,1H3. The zero-order valence-corrected chi connectivity index (χ0v) is 19.8. The van der Waals surface area contributed by atoms with Crippen molar-refractivity contribution >= 4 is 17.4 Å². The number of aryl methyl sites for hydroxylation is 1. The molecule has 1 aromatic heterocycles. The number of hydrogen-bond donors (Lipinski definition) is 0. The molecule has 2 aromatic carbocycles. The molecule has 0 bridgehead atoms. The van der Waals surface area contributed by atoms with E-state index >= 15 is 0 Å². The second-order valence-corrected chi connectivity index (χ2v) is 9.21. The lowest BCUT2D eigenvalue weighted by molar-refractivity contribution is 0.0982. The number of benzene rings is 2. The van der Waals surface area contributed by atoms with Crippen LogP contribution in [0, 0.1) is 5.82 Å². The molecule has 0 N–H and O–H groups in total. The van der Waals surface area contributed by atoms with Crippen LogP contribution in [0.15, 0.2) is 54.6 Å². The Morgan fingerprint density at radius 2 is 1.68 bits per heavy atom. The fourth-order valence-corrected chi connectivity index (χ4v) is 5.13. The van der Waals surface area contributed by atoms with Gasteiger partial charge in [0.05, 0.1) is 0 Å². The summed E-state index contributed by atoms with van der Waals surface area (Å²) in [5, 5.41) is 4.83. The van der Waals surface area contributed by atoms with Gasteiger partial charge in [-0.15, -0.1) is 0 Å². The molecule has 0 radical (unpaired) electrons. The predicted octanol–water partition coefficient (Wildman–Crippen LogP) is 3.91. The molecule has 1 saturated heterocycles. The minimum atomic E-state index is -0.206. The quantitative estimate of drug-likeness (QED) is 0.559. The van der Waals surface area contributed by atoms with Crippen LogP contribution in [0.25, 0.3) is 0 Å². The van der Waals surface area contributed by atoms with Gasteiger partial charge < -0.3 is 4.90 Å². The number of amides is 1. The summed E-state index contributed by atoms with van der Waals surface area (Å²) in [4.78, 5) is 20.2. The fourth-order valence-electron chi connectivity index (χ4n) is 5.13. The highest BCUT2D eigenvalue weighted by molar-refractivity contribution is 6.06. The van der Waals surface area contributed by atoms with Crippen LogP contribution < -0.4 is 9.80 Å². The van der Waals surface area contributed by atoms with Crippen LogP contribution in [0.3, 0.4) is 0 Å². The molecule has 2 heterocycles. The van der Waals surface area contributed by atoms with E-state index in [4.69, 9.17) is 5.10 Å². The Kier molecular flexibility index (Phi) is 6.63. The maximum Gasteiger partial charge on any atom is 0.259 e. The zero-order valence-electron chi connectivity index (χ0n) is 19.8. The second kappa shape index (κ2) is 9.97. The molecule has 1 fully saturated rings. The molecule has 3 aromatic rings. The summed E-state index contributed by atoms with van der Waals surface area (Å²) in [6, 6.07) is 16.2. The SMILES string of the molecule is Cn1nc(N(CCN2CCN(c3ccc(F)cc3)CC2)C(=O)c2ccccc2)c2c1CCCC2. The number of carbonyl (C=O) groups excluding carboxylic acids is 1. The summed E-state index contributed by atoms with van der Waals surface area (Å²) in [5.41, 5.74) is 4.25. The first-order chi connectivity index (χ1) is 16.6. The molecule has 34 heavy (non-hydrogen) atoms. The molecule has 5 rings (SSSR count). The summed E-state index contributed by atoms with van der Waals surface area (Å²) in [6.07, 6.45) is 4.33. The number of anilines is 2. The minimum absolute atomic E-state index is 0.0111. The lowest BCUT2D eigenvalue weighted by Gasteiger charge is -2.37. The van der Waals surface area contributed by atoms with Crippen LogP contribution in [-0.2, 0) is 19.9 Å². The summed E-state index contributed by atoms with van der Waals surface area (Å²) < 4.78 is 15.2. The van der Waals surface area contributed by atoms with Crippen LogP contribution in [-0.4, -0.2) is 59.9 Å². The van der Waals surface area contributed by atoms with Crippen LogP contribution in [0.1, 0.15) is 34.5 Å². The monoisotopic (exact) mass is 461 g/mol. The van der Waals surface area contributed by atoms with Crippen molar-refractivity contribution in [2.45, 2.75) is 25.7 Å². The predicted molar refractivity (Wildman–Crippen MR) is 133 cm³/mol. The molecule has 0 unspecified atom stereocenters. The number of rotatable bonds is 6. The van der Waals surface area contributed by atoms with Gasteiger partial charge in [-0.1, -0.05) is 18.2 Å². The Balaban J connectivity index is 1.30. The van der Waals surface area contributed by atoms with Gasteiger partial charge in [0.25, 0.3) is 5.91 Å². The fraction of sp³-hybridized carbons (Fsp3) is 0.407. The molecule has 1 amide bonds. The average molecular weight is 462 g/mol. The van der Waals surface area contributed by atoms with Crippen molar-refractivity contribution in [1.29, 1.82) is 0 Å². The highest BCUT2D eigenvalue weighted by Gasteiger charge is 2.28. The van der Waals surface area contributed by atoms with Crippen molar-refractivity contribution in [3.63, 3.8) is 0 Å². The average Bonchev–Trinajstić information content (AvgIpc) is 3.22. The number of nitrogens with zero attached hydrogens (tertiary/aromatic N) is 5.